The van der Waals surface area contributed by atoms with Crippen LogP contribution in [0.25, 0.3) is 0 Å². The maximum absolute atomic E-state index is 12.5. The fourth-order valence-electron chi connectivity index (χ4n) is 2.47. The zero-order valence-corrected chi connectivity index (χ0v) is 12.1. The fourth-order valence-corrected chi connectivity index (χ4v) is 2.78. The molecule has 3 heterocycles. The summed E-state index contributed by atoms with van der Waals surface area (Å²) in [5.74, 6) is 1.20. The number of fused-ring (bicyclic) bond motifs is 1. The van der Waals surface area contributed by atoms with Gasteiger partial charge in [0.1, 0.15) is 5.82 Å². The predicted octanol–water partition coefficient (Wildman–Crippen LogP) is 2.85. The van der Waals surface area contributed by atoms with Crippen LogP contribution in [0.4, 0.5) is 0 Å². The summed E-state index contributed by atoms with van der Waals surface area (Å²) >= 11 is 3.22. The van der Waals surface area contributed by atoms with E-state index >= 15 is 0 Å². The standard InChI is InChI=1S/C13H14BrN3O2/c1-9-12-15-5-8-16(12)6-2-7-17(9)13(18)10-3-4-11(14)19-10/h3-5,8-9H,2,6-7H2,1H3. The van der Waals surface area contributed by atoms with E-state index < -0.39 is 0 Å². The molecule has 2 aromatic heterocycles. The smallest absolute Gasteiger partial charge is 0.290 e. The average molecular weight is 324 g/mol. The number of aryl methyl sites for hydroxylation is 1. The van der Waals surface area contributed by atoms with Crippen LogP contribution in [0.5, 0.6) is 0 Å². The molecule has 19 heavy (non-hydrogen) atoms. The van der Waals surface area contributed by atoms with Gasteiger partial charge in [0.05, 0.1) is 6.04 Å². The van der Waals surface area contributed by atoms with Gasteiger partial charge < -0.3 is 13.9 Å². The van der Waals surface area contributed by atoms with Crippen molar-refractivity contribution in [3.63, 3.8) is 0 Å². The van der Waals surface area contributed by atoms with Gasteiger partial charge in [0.2, 0.25) is 0 Å². The summed E-state index contributed by atoms with van der Waals surface area (Å²) in [5.41, 5.74) is 0. The first-order chi connectivity index (χ1) is 9.16. The maximum atomic E-state index is 12.5. The van der Waals surface area contributed by atoms with Crippen LogP contribution in [0, 0.1) is 0 Å². The molecule has 0 spiro atoms. The van der Waals surface area contributed by atoms with Gasteiger partial charge in [-0.05, 0) is 41.4 Å². The van der Waals surface area contributed by atoms with Crippen molar-refractivity contribution in [2.24, 2.45) is 0 Å². The highest BCUT2D eigenvalue weighted by molar-refractivity contribution is 9.10. The van der Waals surface area contributed by atoms with Crippen molar-refractivity contribution in [3.8, 4) is 0 Å². The summed E-state index contributed by atoms with van der Waals surface area (Å²) in [6, 6.07) is 3.38. The number of amides is 1. The van der Waals surface area contributed by atoms with Crippen LogP contribution in [-0.4, -0.2) is 26.9 Å². The first-order valence-corrected chi connectivity index (χ1v) is 7.03. The van der Waals surface area contributed by atoms with Gasteiger partial charge in [-0.1, -0.05) is 0 Å². The van der Waals surface area contributed by atoms with E-state index in [2.05, 4.69) is 25.5 Å². The van der Waals surface area contributed by atoms with Crippen molar-refractivity contribution in [1.82, 2.24) is 14.5 Å². The molecule has 3 rings (SSSR count). The third kappa shape index (κ3) is 2.20. The molecule has 0 fully saturated rings. The number of rotatable bonds is 1. The Bertz CT molecular complexity index is 605. The minimum atomic E-state index is -0.0883. The van der Waals surface area contributed by atoms with Crippen LogP contribution in [0.1, 0.15) is 35.8 Å². The number of furan rings is 1. The zero-order chi connectivity index (χ0) is 13.4. The summed E-state index contributed by atoms with van der Waals surface area (Å²) in [6.45, 7) is 3.60. The Labute approximate surface area is 119 Å². The number of hydrogen-bond donors (Lipinski definition) is 0. The lowest BCUT2D eigenvalue weighted by atomic mass is 10.2. The van der Waals surface area contributed by atoms with Crippen molar-refractivity contribution < 1.29 is 9.21 Å². The summed E-state index contributed by atoms with van der Waals surface area (Å²) in [7, 11) is 0. The number of imidazole rings is 1. The Morgan fingerprint density at radius 1 is 1.47 bits per heavy atom. The molecule has 100 valence electrons. The molecule has 0 saturated carbocycles. The molecule has 6 heteroatoms. The first kappa shape index (κ1) is 12.5. The molecule has 0 radical (unpaired) electrons. The van der Waals surface area contributed by atoms with Gasteiger partial charge >= 0.3 is 0 Å². The molecule has 1 aliphatic heterocycles. The lowest BCUT2D eigenvalue weighted by Gasteiger charge is -2.25. The molecular formula is C13H14BrN3O2. The summed E-state index contributed by atoms with van der Waals surface area (Å²) < 4.78 is 8.03. The van der Waals surface area contributed by atoms with Gasteiger partial charge in [0.15, 0.2) is 10.4 Å². The number of carbonyl (C=O) groups is 1. The van der Waals surface area contributed by atoms with Gasteiger partial charge in [-0.2, -0.15) is 0 Å². The van der Waals surface area contributed by atoms with Crippen LogP contribution in [-0.2, 0) is 6.54 Å². The Hall–Kier alpha value is -1.56. The molecule has 0 aliphatic carbocycles. The minimum absolute atomic E-state index is 0.0473. The molecule has 1 amide bonds. The average Bonchev–Trinajstić information content (AvgIpc) is 2.99. The summed E-state index contributed by atoms with van der Waals surface area (Å²) in [6.07, 6.45) is 4.66. The van der Waals surface area contributed by atoms with Crippen molar-refractivity contribution >= 4 is 21.8 Å². The van der Waals surface area contributed by atoms with Gasteiger partial charge in [-0.25, -0.2) is 4.98 Å². The summed E-state index contributed by atoms with van der Waals surface area (Å²) in [5, 5.41) is 0. The van der Waals surface area contributed by atoms with Gasteiger partial charge in [0.25, 0.3) is 5.91 Å². The molecule has 2 aromatic rings. The van der Waals surface area contributed by atoms with E-state index in [9.17, 15) is 4.79 Å². The number of aromatic nitrogens is 2. The zero-order valence-electron chi connectivity index (χ0n) is 10.5. The Morgan fingerprint density at radius 3 is 3.05 bits per heavy atom. The number of nitrogens with zero attached hydrogens (tertiary/aromatic N) is 3. The van der Waals surface area contributed by atoms with E-state index in [-0.39, 0.29) is 11.9 Å². The second-order valence-corrected chi connectivity index (χ2v) is 5.39. The molecule has 5 nitrogen and oxygen atoms in total. The van der Waals surface area contributed by atoms with Crippen LogP contribution < -0.4 is 0 Å². The van der Waals surface area contributed by atoms with E-state index in [1.165, 1.54) is 0 Å². The van der Waals surface area contributed by atoms with E-state index in [0.717, 1.165) is 18.8 Å². The van der Waals surface area contributed by atoms with Gasteiger partial charge in [-0.3, -0.25) is 4.79 Å². The van der Waals surface area contributed by atoms with E-state index in [0.29, 0.717) is 17.0 Å². The van der Waals surface area contributed by atoms with Gasteiger partial charge in [0, 0.05) is 25.5 Å². The lowest BCUT2D eigenvalue weighted by Crippen LogP contribution is -2.33. The quantitative estimate of drug-likeness (QED) is 0.810. The van der Waals surface area contributed by atoms with E-state index in [4.69, 9.17) is 4.42 Å². The maximum Gasteiger partial charge on any atom is 0.290 e. The van der Waals surface area contributed by atoms with Crippen molar-refractivity contribution in [2.45, 2.75) is 25.9 Å². The lowest BCUT2D eigenvalue weighted by molar-refractivity contribution is 0.0657. The number of halogens is 1. The van der Waals surface area contributed by atoms with Crippen LogP contribution >= 0.6 is 15.9 Å². The Kier molecular flexibility index (Phi) is 3.18. The molecule has 1 atom stereocenters. The Balaban J connectivity index is 1.90. The first-order valence-electron chi connectivity index (χ1n) is 6.24. The largest absolute Gasteiger partial charge is 0.444 e. The molecule has 1 aliphatic rings. The molecule has 1 unspecified atom stereocenters. The monoisotopic (exact) mass is 323 g/mol. The molecular weight excluding hydrogens is 310 g/mol. The van der Waals surface area contributed by atoms with E-state index in [1.807, 2.05) is 18.0 Å². The molecule has 0 aromatic carbocycles. The fraction of sp³-hybridized carbons (Fsp3) is 0.385. The SMILES string of the molecule is CC1c2nccn2CCCN1C(=O)c1ccc(Br)o1. The third-order valence-electron chi connectivity index (χ3n) is 3.43. The summed E-state index contributed by atoms with van der Waals surface area (Å²) in [4.78, 5) is 18.7. The van der Waals surface area contributed by atoms with Gasteiger partial charge in [-0.15, -0.1) is 0 Å². The minimum Gasteiger partial charge on any atom is -0.444 e. The van der Waals surface area contributed by atoms with Crippen LogP contribution in [0.15, 0.2) is 33.6 Å². The third-order valence-corrected chi connectivity index (χ3v) is 3.86. The number of hydrogen-bond acceptors (Lipinski definition) is 3. The second kappa shape index (κ2) is 4.85. The Morgan fingerprint density at radius 2 is 2.32 bits per heavy atom. The highest BCUT2D eigenvalue weighted by Gasteiger charge is 2.29. The predicted molar refractivity (Wildman–Crippen MR) is 72.7 cm³/mol. The molecule has 0 bridgehead atoms. The molecule has 0 N–H and O–H groups in total. The highest BCUT2D eigenvalue weighted by Crippen LogP contribution is 2.26. The van der Waals surface area contributed by atoms with Crippen molar-refractivity contribution in [1.29, 1.82) is 0 Å². The highest BCUT2D eigenvalue weighted by atomic mass is 79.9. The van der Waals surface area contributed by atoms with Crippen molar-refractivity contribution in [2.75, 3.05) is 6.54 Å². The topological polar surface area (TPSA) is 51.3 Å². The van der Waals surface area contributed by atoms with Crippen LogP contribution in [0.3, 0.4) is 0 Å². The molecule has 0 saturated heterocycles. The van der Waals surface area contributed by atoms with Crippen LogP contribution in [0.2, 0.25) is 0 Å². The second-order valence-electron chi connectivity index (χ2n) is 4.61. The van der Waals surface area contributed by atoms with Crippen molar-refractivity contribution in [3.05, 3.63) is 40.8 Å². The number of carbonyl (C=O) groups excluding carboxylic acids is 1. The van der Waals surface area contributed by atoms with E-state index in [1.54, 1.807) is 18.3 Å². The normalized spacial score (nSPS) is 19.1.